The van der Waals surface area contributed by atoms with Crippen LogP contribution in [0, 0.1) is 0 Å². The van der Waals surface area contributed by atoms with Gasteiger partial charge < -0.3 is 20.4 Å². The van der Waals surface area contributed by atoms with E-state index in [1.165, 1.54) is 31.7 Å². The lowest BCUT2D eigenvalue weighted by Gasteiger charge is -2.32. The molecule has 1 aliphatic rings. The third-order valence-corrected chi connectivity index (χ3v) is 4.61. The van der Waals surface area contributed by atoms with Gasteiger partial charge in [-0.15, -0.1) is 0 Å². The molecule has 0 atom stereocenters. The third kappa shape index (κ3) is 6.45. The number of rotatable bonds is 6. The van der Waals surface area contributed by atoms with Gasteiger partial charge in [0.05, 0.1) is 0 Å². The Balaban J connectivity index is 1.61. The first-order valence-electron chi connectivity index (χ1n) is 8.60. The van der Waals surface area contributed by atoms with E-state index >= 15 is 0 Å². The number of likely N-dealkylation sites (N-methyl/N-ethyl adjacent to an activating group) is 1. The summed E-state index contributed by atoms with van der Waals surface area (Å²) >= 11 is 5.36. The first kappa shape index (κ1) is 18.2. The van der Waals surface area contributed by atoms with Crippen molar-refractivity contribution in [2.45, 2.75) is 26.2 Å². The molecule has 0 spiro atoms. The molecule has 0 bridgehead atoms. The summed E-state index contributed by atoms with van der Waals surface area (Å²) in [6.07, 6.45) is 1.12. The quantitative estimate of drug-likeness (QED) is 0.617. The topological polar surface area (TPSA) is 30.5 Å². The molecule has 1 aromatic rings. The minimum Gasteiger partial charge on any atom is -0.362 e. The standard InChI is InChI=1S/C18H30N4S/c1-15(2)16-5-7-17(8-6-16)20-18(23)19-9-4-10-22-13-11-21(3)12-14-22/h5-8,15H,4,9-14H2,1-3H3,(H2,19,20,23). The Morgan fingerprint density at radius 3 is 2.39 bits per heavy atom. The van der Waals surface area contributed by atoms with Crippen molar-refractivity contribution >= 4 is 23.0 Å². The molecule has 0 aliphatic carbocycles. The third-order valence-electron chi connectivity index (χ3n) is 4.37. The molecule has 23 heavy (non-hydrogen) atoms. The number of hydrogen-bond acceptors (Lipinski definition) is 3. The summed E-state index contributed by atoms with van der Waals surface area (Å²) in [5, 5.41) is 7.26. The van der Waals surface area contributed by atoms with E-state index in [1.807, 2.05) is 0 Å². The highest BCUT2D eigenvalue weighted by Gasteiger charge is 2.12. The van der Waals surface area contributed by atoms with Gasteiger partial charge in [-0.25, -0.2) is 0 Å². The highest BCUT2D eigenvalue weighted by Crippen LogP contribution is 2.16. The Kier molecular flexibility index (Phi) is 7.27. The number of benzene rings is 1. The largest absolute Gasteiger partial charge is 0.362 e. The van der Waals surface area contributed by atoms with E-state index in [4.69, 9.17) is 12.2 Å². The summed E-state index contributed by atoms with van der Waals surface area (Å²) in [7, 11) is 2.19. The zero-order chi connectivity index (χ0) is 16.7. The van der Waals surface area contributed by atoms with Crippen molar-refractivity contribution in [3.8, 4) is 0 Å². The Morgan fingerprint density at radius 2 is 1.78 bits per heavy atom. The van der Waals surface area contributed by atoms with Gasteiger partial charge in [-0.3, -0.25) is 0 Å². The fourth-order valence-electron chi connectivity index (χ4n) is 2.70. The van der Waals surface area contributed by atoms with Crippen LogP contribution in [-0.4, -0.2) is 61.2 Å². The van der Waals surface area contributed by atoms with E-state index in [9.17, 15) is 0 Å². The number of piperazine rings is 1. The number of nitrogens with zero attached hydrogens (tertiary/aromatic N) is 2. The van der Waals surface area contributed by atoms with Crippen LogP contribution in [0.3, 0.4) is 0 Å². The maximum Gasteiger partial charge on any atom is 0.170 e. The molecule has 1 saturated heterocycles. The molecule has 1 heterocycles. The summed E-state index contributed by atoms with van der Waals surface area (Å²) in [6, 6.07) is 8.49. The van der Waals surface area contributed by atoms with E-state index in [2.05, 4.69) is 65.6 Å². The average Bonchev–Trinajstić information content (AvgIpc) is 2.54. The summed E-state index contributed by atoms with van der Waals surface area (Å²) in [6.45, 7) is 11.2. The molecule has 1 fully saturated rings. The van der Waals surface area contributed by atoms with E-state index < -0.39 is 0 Å². The molecule has 128 valence electrons. The van der Waals surface area contributed by atoms with Crippen molar-refractivity contribution in [1.29, 1.82) is 0 Å². The van der Waals surface area contributed by atoms with Gasteiger partial charge >= 0.3 is 0 Å². The monoisotopic (exact) mass is 334 g/mol. The van der Waals surface area contributed by atoms with Gasteiger partial charge in [-0.05, 0) is 55.8 Å². The van der Waals surface area contributed by atoms with Crippen molar-refractivity contribution in [2.24, 2.45) is 0 Å². The van der Waals surface area contributed by atoms with Crippen LogP contribution < -0.4 is 10.6 Å². The van der Waals surface area contributed by atoms with Gasteiger partial charge in [0.2, 0.25) is 0 Å². The average molecular weight is 335 g/mol. The van der Waals surface area contributed by atoms with Crippen LogP contribution >= 0.6 is 12.2 Å². The van der Waals surface area contributed by atoms with Crippen molar-refractivity contribution < 1.29 is 0 Å². The van der Waals surface area contributed by atoms with Gasteiger partial charge in [0.25, 0.3) is 0 Å². The number of hydrogen-bond donors (Lipinski definition) is 2. The lowest BCUT2D eigenvalue weighted by atomic mass is 10.0. The van der Waals surface area contributed by atoms with Crippen LogP contribution in [0.15, 0.2) is 24.3 Å². The summed E-state index contributed by atoms with van der Waals surface area (Å²) < 4.78 is 0. The molecule has 4 nitrogen and oxygen atoms in total. The van der Waals surface area contributed by atoms with Crippen LogP contribution in [0.2, 0.25) is 0 Å². The van der Waals surface area contributed by atoms with E-state index in [-0.39, 0.29) is 0 Å². The molecule has 0 radical (unpaired) electrons. The fraction of sp³-hybridized carbons (Fsp3) is 0.611. The Bertz CT molecular complexity index is 478. The van der Waals surface area contributed by atoms with Crippen LogP contribution in [0.4, 0.5) is 5.69 Å². The van der Waals surface area contributed by atoms with E-state index in [1.54, 1.807) is 0 Å². The van der Waals surface area contributed by atoms with E-state index in [0.29, 0.717) is 11.0 Å². The SMILES string of the molecule is CC(C)c1ccc(NC(=S)NCCCN2CCN(C)CC2)cc1. The van der Waals surface area contributed by atoms with Gasteiger partial charge in [0.1, 0.15) is 0 Å². The van der Waals surface area contributed by atoms with Crippen LogP contribution in [-0.2, 0) is 0 Å². The highest BCUT2D eigenvalue weighted by molar-refractivity contribution is 7.80. The predicted molar refractivity (Wildman–Crippen MR) is 103 cm³/mol. The van der Waals surface area contributed by atoms with Crippen molar-refractivity contribution in [3.63, 3.8) is 0 Å². The van der Waals surface area contributed by atoms with Crippen LogP contribution in [0.25, 0.3) is 0 Å². The molecule has 1 aromatic carbocycles. The molecule has 0 amide bonds. The molecule has 2 rings (SSSR count). The van der Waals surface area contributed by atoms with Gasteiger partial charge in [-0.1, -0.05) is 26.0 Å². The second-order valence-corrected chi connectivity index (χ2v) is 7.06. The predicted octanol–water partition coefficient (Wildman–Crippen LogP) is 2.73. The van der Waals surface area contributed by atoms with Gasteiger partial charge in [-0.2, -0.15) is 0 Å². The molecule has 0 unspecified atom stereocenters. The van der Waals surface area contributed by atoms with E-state index in [0.717, 1.165) is 25.2 Å². The smallest absolute Gasteiger partial charge is 0.170 e. The van der Waals surface area contributed by atoms with Crippen molar-refractivity contribution in [2.75, 3.05) is 51.6 Å². The number of anilines is 1. The molecule has 0 saturated carbocycles. The second kappa shape index (κ2) is 9.21. The lowest BCUT2D eigenvalue weighted by Crippen LogP contribution is -2.45. The van der Waals surface area contributed by atoms with Crippen LogP contribution in [0.5, 0.6) is 0 Å². The lowest BCUT2D eigenvalue weighted by molar-refractivity contribution is 0.153. The second-order valence-electron chi connectivity index (χ2n) is 6.66. The number of nitrogens with one attached hydrogen (secondary N) is 2. The molecule has 0 aromatic heterocycles. The first-order valence-corrected chi connectivity index (χ1v) is 9.01. The number of thiocarbonyl (C=S) groups is 1. The fourth-order valence-corrected chi connectivity index (χ4v) is 2.92. The minimum atomic E-state index is 0.559. The van der Waals surface area contributed by atoms with Crippen molar-refractivity contribution in [3.05, 3.63) is 29.8 Å². The molecular weight excluding hydrogens is 304 g/mol. The molecule has 2 N–H and O–H groups in total. The normalized spacial score (nSPS) is 16.5. The Morgan fingerprint density at radius 1 is 1.13 bits per heavy atom. The first-order chi connectivity index (χ1) is 11.0. The molecular formula is C18H30N4S. The summed E-state index contributed by atoms with van der Waals surface area (Å²) in [5.41, 5.74) is 2.40. The summed E-state index contributed by atoms with van der Waals surface area (Å²) in [4.78, 5) is 4.92. The Labute approximate surface area is 146 Å². The maximum absolute atomic E-state index is 5.36. The van der Waals surface area contributed by atoms with Crippen LogP contribution in [0.1, 0.15) is 31.7 Å². The van der Waals surface area contributed by atoms with Gasteiger partial charge in [0.15, 0.2) is 5.11 Å². The maximum atomic E-state index is 5.36. The summed E-state index contributed by atoms with van der Waals surface area (Å²) in [5.74, 6) is 0.559. The Hall–Kier alpha value is -1.17. The van der Waals surface area contributed by atoms with Crippen molar-refractivity contribution in [1.82, 2.24) is 15.1 Å². The zero-order valence-electron chi connectivity index (χ0n) is 14.6. The zero-order valence-corrected chi connectivity index (χ0v) is 15.5. The minimum absolute atomic E-state index is 0.559. The van der Waals surface area contributed by atoms with Gasteiger partial charge in [0, 0.05) is 38.4 Å². The highest BCUT2D eigenvalue weighted by atomic mass is 32.1. The molecule has 5 heteroatoms. The molecule has 1 aliphatic heterocycles.